The third kappa shape index (κ3) is 2.58. The van der Waals surface area contributed by atoms with E-state index in [2.05, 4.69) is 122 Å². The average Bonchev–Trinajstić information content (AvgIpc) is 3.12. The number of benzene rings is 5. The number of nitrogens with zero attached hydrogens (tertiary/aromatic N) is 1. The molecule has 0 radical (unpaired) electrons. The van der Waals surface area contributed by atoms with E-state index in [9.17, 15) is 0 Å². The van der Waals surface area contributed by atoms with Crippen LogP contribution in [0.25, 0.3) is 49.4 Å². The molecule has 1 heterocycles. The molecule has 1 aromatic heterocycles. The van der Waals surface area contributed by atoms with Gasteiger partial charge in [0, 0.05) is 16.5 Å². The van der Waals surface area contributed by atoms with Crippen molar-refractivity contribution in [1.82, 2.24) is 4.57 Å². The Kier molecular flexibility index (Phi) is 3.79. The monoisotopic (exact) mass is 381 g/mol. The van der Waals surface area contributed by atoms with Crippen LogP contribution in [0.4, 0.5) is 0 Å². The fourth-order valence-electron chi connectivity index (χ4n) is 4.63. The Morgan fingerprint density at radius 1 is 0.533 bits per heavy atom. The van der Waals surface area contributed by atoms with E-state index in [4.69, 9.17) is 0 Å². The van der Waals surface area contributed by atoms with Crippen molar-refractivity contribution in [2.24, 2.45) is 0 Å². The van der Waals surface area contributed by atoms with E-state index < -0.39 is 0 Å². The maximum absolute atomic E-state index is 2.37. The van der Waals surface area contributed by atoms with Crippen LogP contribution in [0.3, 0.4) is 0 Å². The molecule has 0 unspecified atom stereocenters. The highest BCUT2D eigenvalue weighted by molar-refractivity contribution is 6.33. The zero-order valence-corrected chi connectivity index (χ0v) is 16.8. The molecule has 0 N–H and O–H groups in total. The second-order valence-corrected chi connectivity index (χ2v) is 7.95. The van der Waals surface area contributed by atoms with Crippen LogP contribution in [0, 0.1) is 0 Å². The normalized spacial score (nSPS) is 11.5. The van der Waals surface area contributed by atoms with E-state index in [1.54, 1.807) is 0 Å². The minimum atomic E-state index is 1.19. The molecule has 6 aromatic rings. The predicted octanol–water partition coefficient (Wildman–Crippen LogP) is 5.86. The van der Waals surface area contributed by atoms with Gasteiger partial charge in [-0.3, -0.25) is 0 Å². The van der Waals surface area contributed by atoms with Gasteiger partial charge in [-0.1, -0.05) is 90.4 Å². The molecule has 2 heteroatoms. The molecule has 1 nitrogen and oxygen atoms in total. The van der Waals surface area contributed by atoms with Crippen LogP contribution >= 0.6 is 0 Å². The highest BCUT2D eigenvalue weighted by Crippen LogP contribution is 2.33. The molecule has 0 fully saturated rings. The minimum absolute atomic E-state index is 1.19. The van der Waals surface area contributed by atoms with Crippen molar-refractivity contribution in [1.29, 1.82) is 0 Å². The Morgan fingerprint density at radius 2 is 1.23 bits per heavy atom. The molecule has 0 aliphatic heterocycles. The molecule has 0 saturated heterocycles. The second-order valence-electron chi connectivity index (χ2n) is 7.95. The van der Waals surface area contributed by atoms with E-state index in [-0.39, 0.29) is 0 Å². The van der Waals surface area contributed by atoms with Gasteiger partial charge in [-0.25, -0.2) is 0 Å². The number of hydrogen-bond donors (Lipinski definition) is 0. The molecule has 30 heavy (non-hydrogen) atoms. The van der Waals surface area contributed by atoms with Gasteiger partial charge in [-0.2, -0.15) is 0 Å². The summed E-state index contributed by atoms with van der Waals surface area (Å²) in [6.07, 6.45) is 0. The van der Waals surface area contributed by atoms with Gasteiger partial charge in [0.1, 0.15) is 7.85 Å². The van der Waals surface area contributed by atoms with Gasteiger partial charge in [0.15, 0.2) is 0 Å². The van der Waals surface area contributed by atoms with E-state index >= 15 is 0 Å². The first-order valence-electron chi connectivity index (χ1n) is 10.4. The largest absolute Gasteiger partial charge is 0.309 e. The van der Waals surface area contributed by atoms with Crippen molar-refractivity contribution >= 4 is 45.9 Å². The predicted molar refractivity (Wildman–Crippen MR) is 132 cm³/mol. The summed E-state index contributed by atoms with van der Waals surface area (Å²) in [6, 6.07) is 39.5. The van der Waals surface area contributed by atoms with Crippen LogP contribution in [0.2, 0.25) is 0 Å². The highest BCUT2D eigenvalue weighted by Gasteiger charge is 2.12. The maximum Gasteiger partial charge on any atom is 0.139 e. The third-order valence-electron chi connectivity index (χ3n) is 6.05. The van der Waals surface area contributed by atoms with Crippen LogP contribution in [0.1, 0.15) is 0 Å². The number of aromatic nitrogens is 1. The van der Waals surface area contributed by atoms with Crippen molar-refractivity contribution in [3.05, 3.63) is 109 Å². The molecular weight excluding hydrogens is 361 g/mol. The summed E-state index contributed by atoms with van der Waals surface area (Å²) in [7, 11) is 2.16. The molecule has 140 valence electrons. The van der Waals surface area contributed by atoms with Gasteiger partial charge in [-0.05, 0) is 46.2 Å². The SMILES string of the molecule is Bc1ccc2c(c1)c1ccccc1n2-c1ccc(-c2cccc3ccccc23)cc1. The molecule has 0 spiro atoms. The summed E-state index contributed by atoms with van der Waals surface area (Å²) < 4.78 is 2.37. The lowest BCUT2D eigenvalue weighted by molar-refractivity contribution is 1.18. The molecular formula is C28H20BN. The Hall–Kier alpha value is -3.78. The Bertz CT molecular complexity index is 1540. The van der Waals surface area contributed by atoms with Crippen molar-refractivity contribution in [2.75, 3.05) is 0 Å². The summed E-state index contributed by atoms with van der Waals surface area (Å²) in [5, 5.41) is 5.18. The lowest BCUT2D eigenvalue weighted by atomic mass is 9.94. The van der Waals surface area contributed by atoms with E-state index in [1.165, 1.54) is 54.9 Å². The zero-order valence-electron chi connectivity index (χ0n) is 16.8. The average molecular weight is 381 g/mol. The van der Waals surface area contributed by atoms with Crippen molar-refractivity contribution < 1.29 is 0 Å². The number of hydrogen-bond acceptors (Lipinski definition) is 0. The fourth-order valence-corrected chi connectivity index (χ4v) is 4.63. The summed E-state index contributed by atoms with van der Waals surface area (Å²) in [5.74, 6) is 0. The van der Waals surface area contributed by atoms with Crippen LogP contribution in [0.15, 0.2) is 109 Å². The number of para-hydroxylation sites is 1. The summed E-state index contributed by atoms with van der Waals surface area (Å²) in [4.78, 5) is 0. The van der Waals surface area contributed by atoms with Crippen molar-refractivity contribution in [3.8, 4) is 16.8 Å². The fraction of sp³-hybridized carbons (Fsp3) is 0. The molecule has 0 atom stereocenters. The van der Waals surface area contributed by atoms with Crippen LogP contribution in [0.5, 0.6) is 0 Å². The first-order chi connectivity index (χ1) is 14.8. The molecule has 0 aliphatic carbocycles. The third-order valence-corrected chi connectivity index (χ3v) is 6.05. The van der Waals surface area contributed by atoms with Gasteiger partial charge in [-0.15, -0.1) is 0 Å². The summed E-state index contributed by atoms with van der Waals surface area (Å²) >= 11 is 0. The lowest BCUT2D eigenvalue weighted by Crippen LogP contribution is -2.00. The molecule has 0 saturated carbocycles. The Morgan fingerprint density at radius 3 is 2.10 bits per heavy atom. The van der Waals surface area contributed by atoms with Gasteiger partial charge >= 0.3 is 0 Å². The maximum atomic E-state index is 2.37. The number of rotatable bonds is 2. The first-order valence-corrected chi connectivity index (χ1v) is 10.4. The summed E-state index contributed by atoms with van der Waals surface area (Å²) in [6.45, 7) is 0. The smallest absolute Gasteiger partial charge is 0.139 e. The molecule has 0 aliphatic rings. The van der Waals surface area contributed by atoms with E-state index in [0.717, 1.165) is 0 Å². The Balaban J connectivity index is 1.55. The zero-order chi connectivity index (χ0) is 20.1. The molecule has 6 rings (SSSR count). The van der Waals surface area contributed by atoms with Crippen LogP contribution in [-0.4, -0.2) is 12.4 Å². The number of fused-ring (bicyclic) bond motifs is 4. The van der Waals surface area contributed by atoms with E-state index in [0.29, 0.717) is 0 Å². The first kappa shape index (κ1) is 17.1. The van der Waals surface area contributed by atoms with Crippen LogP contribution < -0.4 is 5.46 Å². The molecule has 0 amide bonds. The summed E-state index contributed by atoms with van der Waals surface area (Å²) in [5.41, 5.74) is 7.49. The van der Waals surface area contributed by atoms with Gasteiger partial charge in [0.25, 0.3) is 0 Å². The van der Waals surface area contributed by atoms with E-state index in [1.807, 2.05) is 0 Å². The second kappa shape index (κ2) is 6.64. The highest BCUT2D eigenvalue weighted by atomic mass is 15.0. The standard InChI is InChI=1S/C28H20BN/c29-21-14-17-28-26(18-21)25-9-3-4-11-27(25)30(28)22-15-12-20(13-16-22)24-10-5-7-19-6-1-2-8-23(19)24/h1-18H,29H2. The quantitative estimate of drug-likeness (QED) is 0.331. The van der Waals surface area contributed by atoms with Gasteiger partial charge in [0.05, 0.1) is 11.0 Å². The van der Waals surface area contributed by atoms with Crippen molar-refractivity contribution in [3.63, 3.8) is 0 Å². The topological polar surface area (TPSA) is 4.93 Å². The lowest BCUT2D eigenvalue weighted by Gasteiger charge is -2.11. The van der Waals surface area contributed by atoms with Gasteiger partial charge in [0.2, 0.25) is 0 Å². The Labute approximate surface area is 176 Å². The van der Waals surface area contributed by atoms with Gasteiger partial charge < -0.3 is 4.57 Å². The van der Waals surface area contributed by atoms with Crippen molar-refractivity contribution in [2.45, 2.75) is 0 Å². The molecule has 5 aromatic carbocycles. The molecule has 0 bridgehead atoms. The van der Waals surface area contributed by atoms with Crippen LogP contribution in [-0.2, 0) is 0 Å². The minimum Gasteiger partial charge on any atom is -0.309 e.